The van der Waals surface area contributed by atoms with Crippen LogP contribution >= 0.6 is 11.3 Å². The van der Waals surface area contributed by atoms with Crippen molar-refractivity contribution in [3.05, 3.63) is 63.1 Å². The van der Waals surface area contributed by atoms with Gasteiger partial charge < -0.3 is 5.11 Å². The molecule has 0 bridgehead atoms. The van der Waals surface area contributed by atoms with Gasteiger partial charge in [-0.1, -0.05) is 18.2 Å². The number of hydrogen-bond acceptors (Lipinski definition) is 5. The lowest BCUT2D eigenvalue weighted by atomic mass is 10.2. The first-order chi connectivity index (χ1) is 12.7. The Balaban J connectivity index is 1.57. The normalized spacial score (nSPS) is 19.5. The lowest BCUT2D eigenvalue weighted by Crippen LogP contribution is -2.18. The van der Waals surface area contributed by atoms with Crippen molar-refractivity contribution in [1.29, 1.82) is 0 Å². The molecule has 7 heteroatoms. The number of fused-ring (bicyclic) bond motifs is 2. The van der Waals surface area contributed by atoms with Crippen LogP contribution < -0.4 is 5.56 Å². The summed E-state index contributed by atoms with van der Waals surface area (Å²) in [4.78, 5) is 19.3. The number of aliphatic hydroxyl groups is 1. The highest BCUT2D eigenvalue weighted by Gasteiger charge is 2.41. The number of nitrogens with zero attached hydrogens (tertiary/aromatic N) is 4. The molecule has 132 valence electrons. The number of aromatic nitrogens is 4. The molecule has 1 fully saturated rings. The van der Waals surface area contributed by atoms with E-state index in [0.29, 0.717) is 12.2 Å². The number of thiazole rings is 1. The van der Waals surface area contributed by atoms with Crippen LogP contribution in [0.2, 0.25) is 0 Å². The molecule has 26 heavy (non-hydrogen) atoms. The molecule has 1 saturated carbocycles. The molecule has 1 aliphatic rings. The van der Waals surface area contributed by atoms with Gasteiger partial charge in [-0.2, -0.15) is 5.10 Å². The van der Waals surface area contributed by atoms with Crippen molar-refractivity contribution < 1.29 is 5.11 Å². The van der Waals surface area contributed by atoms with Crippen LogP contribution in [0.1, 0.15) is 28.6 Å². The maximum absolute atomic E-state index is 12.8. The number of benzene rings is 1. The van der Waals surface area contributed by atoms with Crippen LogP contribution in [0.3, 0.4) is 0 Å². The Bertz CT molecular complexity index is 1190. The second-order valence-electron chi connectivity index (χ2n) is 6.89. The van der Waals surface area contributed by atoms with Crippen molar-refractivity contribution in [2.75, 3.05) is 6.61 Å². The Hall–Kier alpha value is -2.51. The topological polar surface area (TPSA) is 72.4 Å². The first-order valence-electron chi connectivity index (χ1n) is 8.69. The Morgan fingerprint density at radius 3 is 3.00 bits per heavy atom. The summed E-state index contributed by atoms with van der Waals surface area (Å²) in [6.07, 6.45) is 2.77. The largest absolute Gasteiger partial charge is 0.396 e. The van der Waals surface area contributed by atoms with Crippen LogP contribution in [0.15, 0.2) is 41.3 Å². The number of aliphatic hydroxyl groups excluding tert-OH is 1. The maximum atomic E-state index is 12.8. The summed E-state index contributed by atoms with van der Waals surface area (Å²) in [5.74, 6) is 0.544. The van der Waals surface area contributed by atoms with E-state index in [0.717, 1.165) is 32.9 Å². The Labute approximate surface area is 153 Å². The van der Waals surface area contributed by atoms with Crippen molar-refractivity contribution in [3.8, 4) is 0 Å². The van der Waals surface area contributed by atoms with Gasteiger partial charge in [-0.25, -0.2) is 4.98 Å². The summed E-state index contributed by atoms with van der Waals surface area (Å²) >= 11 is 1.54. The molecule has 0 amide bonds. The zero-order valence-corrected chi connectivity index (χ0v) is 15.1. The minimum atomic E-state index is -0.0515. The van der Waals surface area contributed by atoms with E-state index in [9.17, 15) is 9.90 Å². The third-order valence-electron chi connectivity index (χ3n) is 5.16. The summed E-state index contributed by atoms with van der Waals surface area (Å²) in [7, 11) is 0. The average molecular weight is 366 g/mol. The zero-order chi connectivity index (χ0) is 17.8. The molecule has 0 unspecified atom stereocenters. The van der Waals surface area contributed by atoms with E-state index in [1.165, 1.54) is 0 Å². The van der Waals surface area contributed by atoms with Gasteiger partial charge in [-0.3, -0.25) is 13.9 Å². The van der Waals surface area contributed by atoms with Gasteiger partial charge in [-0.15, -0.1) is 11.3 Å². The predicted octanol–water partition coefficient (Wildman–Crippen LogP) is 2.56. The molecule has 0 aliphatic heterocycles. The van der Waals surface area contributed by atoms with Crippen LogP contribution in [-0.4, -0.2) is 30.9 Å². The third-order valence-corrected chi connectivity index (χ3v) is 6.13. The Kier molecular flexibility index (Phi) is 3.48. The van der Waals surface area contributed by atoms with Crippen molar-refractivity contribution >= 4 is 27.2 Å². The monoisotopic (exact) mass is 366 g/mol. The zero-order valence-electron chi connectivity index (χ0n) is 14.3. The number of aryl methyl sites for hydroxylation is 1. The van der Waals surface area contributed by atoms with E-state index in [-0.39, 0.29) is 24.0 Å². The van der Waals surface area contributed by atoms with E-state index in [1.807, 2.05) is 42.1 Å². The summed E-state index contributed by atoms with van der Waals surface area (Å²) in [6.45, 7) is 2.67. The van der Waals surface area contributed by atoms with Crippen LogP contribution in [0.5, 0.6) is 0 Å². The van der Waals surface area contributed by atoms with Crippen LogP contribution in [0, 0.1) is 12.8 Å². The summed E-state index contributed by atoms with van der Waals surface area (Å²) < 4.78 is 3.60. The molecular formula is C19H18N4O2S. The van der Waals surface area contributed by atoms with Gasteiger partial charge in [0.1, 0.15) is 0 Å². The Morgan fingerprint density at radius 1 is 1.35 bits per heavy atom. The molecule has 3 aromatic heterocycles. The minimum absolute atomic E-state index is 0.0515. The average Bonchev–Trinajstić information content (AvgIpc) is 3.18. The molecule has 3 heterocycles. The van der Waals surface area contributed by atoms with Crippen molar-refractivity contribution in [2.45, 2.75) is 25.8 Å². The quantitative estimate of drug-likeness (QED) is 0.602. The summed E-state index contributed by atoms with van der Waals surface area (Å²) in [6, 6.07) is 9.61. The second kappa shape index (κ2) is 5.75. The van der Waals surface area contributed by atoms with Crippen molar-refractivity contribution in [1.82, 2.24) is 19.2 Å². The first-order valence-corrected chi connectivity index (χ1v) is 9.50. The van der Waals surface area contributed by atoms with Gasteiger partial charge in [0.15, 0.2) is 4.96 Å². The molecule has 0 radical (unpaired) electrons. The molecule has 1 aromatic carbocycles. The minimum Gasteiger partial charge on any atom is -0.396 e. The lowest BCUT2D eigenvalue weighted by Gasteiger charge is -2.05. The van der Waals surface area contributed by atoms with Gasteiger partial charge in [0.25, 0.3) is 5.56 Å². The van der Waals surface area contributed by atoms with Gasteiger partial charge in [-0.05, 0) is 25.3 Å². The molecule has 1 aliphatic carbocycles. The standard InChI is InChI=1S/C19H18N4O2S/c1-11-18(15-6-13(15)10-24)23-17(25)7-14(21-19(23)26-11)9-22-16-5-3-2-4-12(16)8-20-22/h2-5,7-8,13,15,24H,6,9-10H2,1H3/t13-,15+/m0/s1. The van der Waals surface area contributed by atoms with E-state index >= 15 is 0 Å². The molecule has 0 spiro atoms. The molecule has 5 rings (SSSR count). The molecule has 2 atom stereocenters. The molecule has 1 N–H and O–H groups in total. The fraction of sp³-hybridized carbons (Fsp3) is 0.316. The van der Waals surface area contributed by atoms with Crippen LogP contribution in [0.25, 0.3) is 15.9 Å². The fourth-order valence-corrected chi connectivity index (χ4v) is 4.80. The number of rotatable bonds is 4. The van der Waals surface area contributed by atoms with Crippen molar-refractivity contribution in [3.63, 3.8) is 0 Å². The highest BCUT2D eigenvalue weighted by Crippen LogP contribution is 2.49. The first kappa shape index (κ1) is 15.7. The van der Waals surface area contributed by atoms with E-state index < -0.39 is 0 Å². The molecule has 4 aromatic rings. The highest BCUT2D eigenvalue weighted by atomic mass is 32.1. The molecule has 6 nitrogen and oxygen atoms in total. The molecule has 0 saturated heterocycles. The smallest absolute Gasteiger partial charge is 0.259 e. The third kappa shape index (κ3) is 2.39. The highest BCUT2D eigenvalue weighted by molar-refractivity contribution is 7.17. The number of hydrogen-bond donors (Lipinski definition) is 1. The molecular weight excluding hydrogens is 348 g/mol. The van der Waals surface area contributed by atoms with E-state index in [4.69, 9.17) is 4.98 Å². The lowest BCUT2D eigenvalue weighted by molar-refractivity contribution is 0.273. The van der Waals surface area contributed by atoms with Gasteiger partial charge >= 0.3 is 0 Å². The maximum Gasteiger partial charge on any atom is 0.259 e. The number of para-hydroxylation sites is 1. The van der Waals surface area contributed by atoms with Gasteiger partial charge in [0, 0.05) is 34.5 Å². The van der Waals surface area contributed by atoms with Crippen LogP contribution in [-0.2, 0) is 6.54 Å². The predicted molar refractivity (Wildman–Crippen MR) is 101 cm³/mol. The SMILES string of the molecule is Cc1sc2nc(Cn3ncc4ccccc43)cc(=O)n2c1[C@@H]1C[C@H]1CO. The van der Waals surface area contributed by atoms with Crippen molar-refractivity contribution in [2.24, 2.45) is 5.92 Å². The second-order valence-corrected chi connectivity index (χ2v) is 8.07. The van der Waals surface area contributed by atoms with Gasteiger partial charge in [0.2, 0.25) is 0 Å². The fourth-order valence-electron chi connectivity index (χ4n) is 3.74. The summed E-state index contributed by atoms with van der Waals surface area (Å²) in [5.41, 5.74) is 2.72. The Morgan fingerprint density at radius 2 is 2.19 bits per heavy atom. The summed E-state index contributed by atoms with van der Waals surface area (Å²) in [5, 5.41) is 14.9. The van der Waals surface area contributed by atoms with E-state index in [2.05, 4.69) is 5.10 Å². The van der Waals surface area contributed by atoms with Crippen LogP contribution in [0.4, 0.5) is 0 Å². The van der Waals surface area contributed by atoms with E-state index in [1.54, 1.807) is 21.8 Å². The van der Waals surface area contributed by atoms with Gasteiger partial charge in [0.05, 0.1) is 24.0 Å².